The minimum atomic E-state index is -0.299. The molecule has 1 atom stereocenters. The molecule has 0 unspecified atom stereocenters. The third-order valence-corrected chi connectivity index (χ3v) is 3.63. The number of nitrogens with zero attached hydrogens (tertiary/aromatic N) is 2. The molecule has 1 saturated heterocycles. The van der Waals surface area contributed by atoms with Gasteiger partial charge in [0, 0.05) is 10.0 Å². The van der Waals surface area contributed by atoms with E-state index in [-0.39, 0.29) is 11.9 Å². The highest BCUT2D eigenvalue weighted by atomic mass is 79.9. The highest BCUT2D eigenvalue weighted by Crippen LogP contribution is 2.29. The largest absolute Gasteiger partial charge is 0.337 e. The molecule has 1 aliphatic heterocycles. The number of hydrogen-bond acceptors (Lipinski definition) is 4. The van der Waals surface area contributed by atoms with Crippen LogP contribution in [-0.4, -0.2) is 16.7 Å². The summed E-state index contributed by atoms with van der Waals surface area (Å²) in [5.41, 5.74) is 0.726. The van der Waals surface area contributed by atoms with E-state index in [4.69, 9.17) is 4.52 Å². The lowest BCUT2D eigenvalue weighted by Crippen LogP contribution is -2.12. The van der Waals surface area contributed by atoms with Gasteiger partial charge in [-0.25, -0.2) is 4.39 Å². The van der Waals surface area contributed by atoms with Crippen LogP contribution in [-0.2, 0) is 0 Å². The third-order valence-electron chi connectivity index (χ3n) is 2.97. The van der Waals surface area contributed by atoms with Gasteiger partial charge >= 0.3 is 0 Å². The molecule has 4 nitrogen and oxygen atoms in total. The van der Waals surface area contributed by atoms with E-state index in [1.54, 1.807) is 6.07 Å². The molecule has 0 saturated carbocycles. The van der Waals surface area contributed by atoms with Gasteiger partial charge in [-0.2, -0.15) is 4.98 Å². The van der Waals surface area contributed by atoms with Crippen molar-refractivity contribution in [2.45, 2.75) is 18.9 Å². The number of aromatic nitrogens is 2. The molecule has 1 N–H and O–H groups in total. The van der Waals surface area contributed by atoms with Crippen LogP contribution in [0.5, 0.6) is 0 Å². The van der Waals surface area contributed by atoms with Gasteiger partial charge in [-0.1, -0.05) is 5.16 Å². The van der Waals surface area contributed by atoms with Gasteiger partial charge in [-0.3, -0.25) is 0 Å². The van der Waals surface area contributed by atoms with E-state index in [1.165, 1.54) is 12.1 Å². The van der Waals surface area contributed by atoms with Crippen molar-refractivity contribution in [1.29, 1.82) is 0 Å². The molecule has 18 heavy (non-hydrogen) atoms. The van der Waals surface area contributed by atoms with E-state index in [9.17, 15) is 4.39 Å². The quantitative estimate of drug-likeness (QED) is 0.926. The Kier molecular flexibility index (Phi) is 3.13. The molecular formula is C12H11BrFN3O. The fourth-order valence-electron chi connectivity index (χ4n) is 2.05. The van der Waals surface area contributed by atoms with Crippen LogP contribution >= 0.6 is 15.9 Å². The normalized spacial score (nSPS) is 19.3. The maximum Gasteiger partial charge on any atom is 0.244 e. The molecule has 1 aromatic heterocycles. The van der Waals surface area contributed by atoms with Gasteiger partial charge in [0.05, 0.1) is 6.04 Å². The second-order valence-corrected chi connectivity index (χ2v) is 5.08. The molecule has 2 heterocycles. The van der Waals surface area contributed by atoms with Crippen molar-refractivity contribution in [3.8, 4) is 11.4 Å². The Morgan fingerprint density at radius 3 is 3.06 bits per heavy atom. The molecule has 1 aromatic carbocycles. The molecule has 3 rings (SSSR count). The predicted molar refractivity (Wildman–Crippen MR) is 67.4 cm³/mol. The Hall–Kier alpha value is -1.27. The molecule has 0 amide bonds. The third kappa shape index (κ3) is 2.18. The summed E-state index contributed by atoms with van der Waals surface area (Å²) in [4.78, 5) is 4.36. The Balaban J connectivity index is 1.92. The molecular weight excluding hydrogens is 301 g/mol. The van der Waals surface area contributed by atoms with Crippen molar-refractivity contribution in [2.75, 3.05) is 6.54 Å². The smallest absolute Gasteiger partial charge is 0.244 e. The molecule has 1 fully saturated rings. The van der Waals surface area contributed by atoms with E-state index in [0.717, 1.165) is 24.9 Å². The van der Waals surface area contributed by atoms with Crippen molar-refractivity contribution in [3.05, 3.63) is 34.4 Å². The second kappa shape index (κ2) is 4.78. The first kappa shape index (κ1) is 11.8. The number of benzene rings is 1. The molecule has 2 aromatic rings. The lowest BCUT2D eigenvalue weighted by atomic mass is 10.2. The van der Waals surface area contributed by atoms with Crippen LogP contribution in [0.2, 0.25) is 0 Å². The summed E-state index contributed by atoms with van der Waals surface area (Å²) in [5, 5.41) is 7.24. The zero-order valence-electron chi connectivity index (χ0n) is 9.49. The fraction of sp³-hybridized carbons (Fsp3) is 0.333. The van der Waals surface area contributed by atoms with Gasteiger partial charge in [0.1, 0.15) is 5.82 Å². The summed E-state index contributed by atoms with van der Waals surface area (Å²) in [6, 6.07) is 4.55. The predicted octanol–water partition coefficient (Wildman–Crippen LogP) is 3.06. The first-order valence-corrected chi connectivity index (χ1v) is 6.56. The van der Waals surface area contributed by atoms with Gasteiger partial charge < -0.3 is 9.84 Å². The number of rotatable bonds is 2. The average molecular weight is 312 g/mol. The minimum absolute atomic E-state index is 0.144. The van der Waals surface area contributed by atoms with Crippen LogP contribution in [0.3, 0.4) is 0 Å². The number of hydrogen-bond donors (Lipinski definition) is 1. The average Bonchev–Trinajstić information content (AvgIpc) is 2.99. The summed E-state index contributed by atoms with van der Waals surface area (Å²) in [6.45, 7) is 0.975. The molecule has 0 radical (unpaired) electrons. The zero-order chi connectivity index (χ0) is 12.5. The van der Waals surface area contributed by atoms with Crippen molar-refractivity contribution >= 4 is 15.9 Å². The Morgan fingerprint density at radius 1 is 1.44 bits per heavy atom. The van der Waals surface area contributed by atoms with Crippen LogP contribution in [0.15, 0.2) is 27.2 Å². The van der Waals surface area contributed by atoms with E-state index < -0.39 is 0 Å². The van der Waals surface area contributed by atoms with Crippen LogP contribution in [0.4, 0.5) is 4.39 Å². The van der Waals surface area contributed by atoms with Crippen LogP contribution in [0.25, 0.3) is 11.4 Å². The van der Waals surface area contributed by atoms with Crippen LogP contribution in [0, 0.1) is 5.82 Å². The van der Waals surface area contributed by atoms with Crippen LogP contribution < -0.4 is 5.32 Å². The standard InChI is InChI=1S/C12H11BrFN3O/c13-9-6-7(14)3-4-8(9)11-16-12(18-17-11)10-2-1-5-15-10/h3-4,6,10,15H,1-2,5H2/t10-/m0/s1. The van der Waals surface area contributed by atoms with Crippen LogP contribution in [0.1, 0.15) is 24.8 Å². The molecule has 0 aliphatic carbocycles. The Morgan fingerprint density at radius 2 is 2.33 bits per heavy atom. The first-order valence-electron chi connectivity index (χ1n) is 5.76. The van der Waals surface area contributed by atoms with Crippen molar-refractivity contribution in [2.24, 2.45) is 0 Å². The Bertz CT molecular complexity index is 566. The van der Waals surface area contributed by atoms with E-state index in [1.807, 2.05) is 0 Å². The fourth-order valence-corrected chi connectivity index (χ4v) is 2.58. The molecule has 1 aliphatic rings. The zero-order valence-corrected chi connectivity index (χ0v) is 11.1. The SMILES string of the molecule is Fc1ccc(-c2noc([C@@H]3CCCN3)n2)c(Br)c1. The molecule has 0 bridgehead atoms. The van der Waals surface area contributed by atoms with Gasteiger partial charge in [-0.05, 0) is 53.5 Å². The maximum atomic E-state index is 13.0. The second-order valence-electron chi connectivity index (χ2n) is 4.23. The van der Waals surface area contributed by atoms with Gasteiger partial charge in [0.15, 0.2) is 0 Å². The summed E-state index contributed by atoms with van der Waals surface area (Å²) in [6.07, 6.45) is 2.12. The summed E-state index contributed by atoms with van der Waals surface area (Å²) < 4.78 is 18.9. The Labute approximate surface area is 112 Å². The molecule has 0 spiro atoms. The van der Waals surface area contributed by atoms with Crippen molar-refractivity contribution in [3.63, 3.8) is 0 Å². The van der Waals surface area contributed by atoms with E-state index >= 15 is 0 Å². The summed E-state index contributed by atoms with van der Waals surface area (Å²) >= 11 is 3.30. The molecule has 6 heteroatoms. The topological polar surface area (TPSA) is 51.0 Å². The summed E-state index contributed by atoms with van der Waals surface area (Å²) in [5.74, 6) is 0.774. The molecule has 94 valence electrons. The highest BCUT2D eigenvalue weighted by molar-refractivity contribution is 9.10. The number of halogens is 2. The van der Waals surface area contributed by atoms with Gasteiger partial charge in [-0.15, -0.1) is 0 Å². The lowest BCUT2D eigenvalue weighted by Gasteiger charge is -2.01. The van der Waals surface area contributed by atoms with Gasteiger partial charge in [0.25, 0.3) is 0 Å². The van der Waals surface area contributed by atoms with E-state index in [0.29, 0.717) is 16.2 Å². The monoisotopic (exact) mass is 311 g/mol. The lowest BCUT2D eigenvalue weighted by molar-refractivity contribution is 0.345. The van der Waals surface area contributed by atoms with Gasteiger partial charge in [0.2, 0.25) is 11.7 Å². The van der Waals surface area contributed by atoms with Crippen molar-refractivity contribution in [1.82, 2.24) is 15.5 Å². The summed E-state index contributed by atoms with van der Waals surface area (Å²) in [7, 11) is 0. The maximum absolute atomic E-state index is 13.0. The van der Waals surface area contributed by atoms with E-state index in [2.05, 4.69) is 31.4 Å². The minimum Gasteiger partial charge on any atom is -0.337 e. The van der Waals surface area contributed by atoms with Crippen molar-refractivity contribution < 1.29 is 8.91 Å². The first-order chi connectivity index (χ1) is 8.74. The highest BCUT2D eigenvalue weighted by Gasteiger charge is 2.23. The number of nitrogens with one attached hydrogen (secondary N) is 1.